The minimum atomic E-state index is -3.85. The van der Waals surface area contributed by atoms with E-state index in [1.54, 1.807) is 38.1 Å². The lowest BCUT2D eigenvalue weighted by Gasteiger charge is -2.21. The average molecular weight is 325 g/mol. The quantitative estimate of drug-likeness (QED) is 0.277. The first-order valence-electron chi connectivity index (χ1n) is 7.08. The molecule has 0 aliphatic rings. The Balaban J connectivity index is 3.10. The zero-order valence-corrected chi connectivity index (χ0v) is 13.6. The zero-order valence-electron chi connectivity index (χ0n) is 12.7. The second kappa shape index (κ2) is 9.38. The molecule has 0 heterocycles. The van der Waals surface area contributed by atoms with Gasteiger partial charge in [-0.3, -0.25) is 9.36 Å². The van der Waals surface area contributed by atoms with Crippen LogP contribution in [-0.4, -0.2) is 25.3 Å². The van der Waals surface area contributed by atoms with E-state index in [1.165, 1.54) is 0 Å². The van der Waals surface area contributed by atoms with Gasteiger partial charge in [-0.25, -0.2) is 0 Å². The third-order valence-corrected chi connectivity index (χ3v) is 5.00. The highest BCUT2D eigenvalue weighted by molar-refractivity contribution is 7.72. The summed E-state index contributed by atoms with van der Waals surface area (Å²) in [6.45, 7) is 3.65. The fraction of sp³-hybridized carbons (Fsp3) is 0.500. The number of azide groups is 1. The Morgan fingerprint density at radius 1 is 1.27 bits per heavy atom. The summed E-state index contributed by atoms with van der Waals surface area (Å²) in [7, 11) is -3.85. The largest absolute Gasteiger partial charge is 0.397 e. The van der Waals surface area contributed by atoms with E-state index in [-0.39, 0.29) is 26.2 Å². The second-order valence-corrected chi connectivity index (χ2v) is 6.33. The third kappa shape index (κ3) is 4.97. The molecular weight excluding hydrogens is 305 g/mol. The van der Waals surface area contributed by atoms with Gasteiger partial charge in [0, 0.05) is 11.5 Å². The molecule has 0 spiro atoms. The van der Waals surface area contributed by atoms with Gasteiger partial charge < -0.3 is 9.05 Å². The minimum Gasteiger partial charge on any atom is -0.303 e. The number of benzene rings is 1. The monoisotopic (exact) mass is 325 g/mol. The van der Waals surface area contributed by atoms with Crippen LogP contribution < -0.4 is 0 Å². The maximum Gasteiger partial charge on any atom is 0.397 e. The van der Waals surface area contributed by atoms with Gasteiger partial charge in [0.2, 0.25) is 0 Å². The number of rotatable bonds is 10. The number of carbonyl (C=O) groups is 1. The van der Waals surface area contributed by atoms with Crippen molar-refractivity contribution in [3.8, 4) is 0 Å². The lowest BCUT2D eigenvalue weighted by molar-refractivity contribution is -0.115. The first-order valence-corrected chi connectivity index (χ1v) is 8.62. The van der Waals surface area contributed by atoms with Gasteiger partial charge in [0.05, 0.1) is 19.1 Å². The van der Waals surface area contributed by atoms with Gasteiger partial charge in [0.1, 0.15) is 0 Å². The molecule has 0 radical (unpaired) electrons. The molecule has 1 atom stereocenters. The molecule has 7 nitrogen and oxygen atoms in total. The molecule has 0 saturated heterocycles. The van der Waals surface area contributed by atoms with E-state index < -0.39 is 19.0 Å². The van der Waals surface area contributed by atoms with E-state index >= 15 is 0 Å². The Hall–Kier alpha value is -1.65. The molecule has 1 rings (SSSR count). The molecule has 1 aromatic rings. The first-order chi connectivity index (χ1) is 10.6. The maximum absolute atomic E-state index is 12.7. The summed E-state index contributed by atoms with van der Waals surface area (Å²) in [5.74, 6) is -0.698. The zero-order chi connectivity index (χ0) is 16.4. The van der Waals surface area contributed by atoms with E-state index in [0.29, 0.717) is 5.56 Å². The van der Waals surface area contributed by atoms with Crippen LogP contribution in [0.2, 0.25) is 0 Å². The van der Waals surface area contributed by atoms with Crippen LogP contribution in [-0.2, 0) is 18.4 Å². The molecule has 1 unspecified atom stereocenters. The molecule has 8 heteroatoms. The Labute approximate surface area is 129 Å². The first kappa shape index (κ1) is 18.4. The van der Waals surface area contributed by atoms with Crippen LogP contribution >= 0.6 is 7.60 Å². The summed E-state index contributed by atoms with van der Waals surface area (Å²) < 4.78 is 22.9. The molecule has 22 heavy (non-hydrogen) atoms. The van der Waals surface area contributed by atoms with E-state index in [1.807, 2.05) is 6.07 Å². The van der Waals surface area contributed by atoms with Crippen LogP contribution in [0.15, 0.2) is 35.4 Å². The van der Waals surface area contributed by atoms with E-state index in [0.717, 1.165) is 0 Å². The fourth-order valence-electron chi connectivity index (χ4n) is 2.04. The summed E-state index contributed by atoms with van der Waals surface area (Å²) in [5, 5.41) is 3.45. The van der Waals surface area contributed by atoms with Crippen LogP contribution in [0.25, 0.3) is 10.4 Å². The standard InChI is InChI=1S/C14H20N3O4P/c1-3-20-22(19,21-4-2)14(18)13(10-11-16-17-15)12-8-6-5-7-9-12/h5-9,13H,3-4,10-11H2,1-2H3. The fourth-order valence-corrected chi connectivity index (χ4v) is 3.71. The van der Waals surface area contributed by atoms with Crippen molar-refractivity contribution in [3.63, 3.8) is 0 Å². The van der Waals surface area contributed by atoms with Crippen molar-refractivity contribution >= 4 is 13.1 Å². The van der Waals surface area contributed by atoms with Crippen LogP contribution in [0.3, 0.4) is 0 Å². The van der Waals surface area contributed by atoms with Crippen molar-refractivity contribution in [3.05, 3.63) is 46.3 Å². The molecule has 0 amide bonds. The van der Waals surface area contributed by atoms with Crippen LogP contribution in [0.4, 0.5) is 0 Å². The Kier molecular flexibility index (Phi) is 7.85. The Morgan fingerprint density at radius 2 is 1.86 bits per heavy atom. The van der Waals surface area contributed by atoms with Gasteiger partial charge in [-0.15, -0.1) is 0 Å². The lowest BCUT2D eigenvalue weighted by atomic mass is 9.97. The van der Waals surface area contributed by atoms with Crippen molar-refractivity contribution in [1.29, 1.82) is 0 Å². The SMILES string of the molecule is CCOP(=O)(OCC)C(=O)C(CCN=[N+]=[N-])c1ccccc1. The summed E-state index contributed by atoms with van der Waals surface area (Å²) in [6.07, 6.45) is 0.247. The molecule has 120 valence electrons. The van der Waals surface area contributed by atoms with Crippen molar-refractivity contribution < 1.29 is 18.4 Å². The van der Waals surface area contributed by atoms with Crippen molar-refractivity contribution in [2.24, 2.45) is 5.11 Å². The third-order valence-electron chi connectivity index (χ3n) is 2.95. The topological polar surface area (TPSA) is 101 Å². The average Bonchev–Trinajstić information content (AvgIpc) is 2.52. The summed E-state index contributed by atoms with van der Waals surface area (Å²) >= 11 is 0. The van der Waals surface area contributed by atoms with Crippen molar-refractivity contribution in [1.82, 2.24) is 0 Å². The summed E-state index contributed by atoms with van der Waals surface area (Å²) in [4.78, 5) is 15.4. The number of hydrogen-bond acceptors (Lipinski definition) is 5. The Morgan fingerprint density at radius 3 is 2.36 bits per heavy atom. The summed E-state index contributed by atoms with van der Waals surface area (Å²) in [6, 6.07) is 8.93. The van der Waals surface area contributed by atoms with Gasteiger partial charge in [0.15, 0.2) is 0 Å². The normalized spacial score (nSPS) is 12.5. The second-order valence-electron chi connectivity index (χ2n) is 4.38. The molecule has 0 aliphatic carbocycles. The van der Waals surface area contributed by atoms with Crippen LogP contribution in [0, 0.1) is 0 Å². The van der Waals surface area contributed by atoms with Gasteiger partial charge in [0.25, 0.3) is 5.52 Å². The van der Waals surface area contributed by atoms with E-state index in [2.05, 4.69) is 10.0 Å². The highest BCUT2D eigenvalue weighted by Crippen LogP contribution is 2.53. The molecule has 0 saturated carbocycles. The van der Waals surface area contributed by atoms with E-state index in [9.17, 15) is 9.36 Å². The highest BCUT2D eigenvalue weighted by atomic mass is 31.2. The van der Waals surface area contributed by atoms with E-state index in [4.69, 9.17) is 14.6 Å². The van der Waals surface area contributed by atoms with Gasteiger partial charge in [-0.2, -0.15) is 0 Å². The van der Waals surface area contributed by atoms with Gasteiger partial charge in [-0.05, 0) is 31.4 Å². The molecule has 0 bridgehead atoms. The molecule has 0 fully saturated rings. The van der Waals surface area contributed by atoms with Crippen LogP contribution in [0.5, 0.6) is 0 Å². The maximum atomic E-state index is 12.7. The Bertz CT molecular complexity index is 563. The molecule has 1 aromatic carbocycles. The summed E-state index contributed by atoms with van der Waals surface area (Å²) in [5.41, 5.74) is 8.48. The van der Waals surface area contributed by atoms with Gasteiger partial charge >= 0.3 is 7.60 Å². The molecular formula is C14H20N3O4P. The number of hydrogen-bond donors (Lipinski definition) is 0. The minimum absolute atomic E-state index is 0.112. The number of nitrogens with zero attached hydrogens (tertiary/aromatic N) is 3. The molecule has 0 aliphatic heterocycles. The van der Waals surface area contributed by atoms with Crippen LogP contribution in [0.1, 0.15) is 31.7 Å². The van der Waals surface area contributed by atoms with Gasteiger partial charge in [-0.1, -0.05) is 35.4 Å². The molecule has 0 aromatic heterocycles. The van der Waals surface area contributed by atoms with Crippen molar-refractivity contribution in [2.45, 2.75) is 26.2 Å². The lowest BCUT2D eigenvalue weighted by Crippen LogP contribution is -2.17. The molecule has 0 N–H and O–H groups in total. The predicted octanol–water partition coefficient (Wildman–Crippen LogP) is 4.26. The van der Waals surface area contributed by atoms with Crippen molar-refractivity contribution in [2.75, 3.05) is 19.8 Å². The highest BCUT2D eigenvalue weighted by Gasteiger charge is 2.39. The predicted molar refractivity (Wildman–Crippen MR) is 83.7 cm³/mol. The smallest absolute Gasteiger partial charge is 0.303 e. The number of carbonyl (C=O) groups excluding carboxylic acids is 1.